The molecule has 1 atom stereocenters. The molecule has 1 fully saturated rings. The summed E-state index contributed by atoms with van der Waals surface area (Å²) in [5, 5.41) is 7.48. The Morgan fingerprint density at radius 2 is 2.03 bits per heavy atom. The Kier molecular flexibility index (Phi) is 6.48. The third kappa shape index (κ3) is 4.49. The molecule has 168 valence electrons. The molecule has 0 bridgehead atoms. The van der Waals surface area contributed by atoms with Crippen molar-refractivity contribution in [1.82, 2.24) is 29.6 Å². The van der Waals surface area contributed by atoms with Crippen molar-refractivity contribution < 1.29 is 4.79 Å². The Morgan fingerprint density at radius 3 is 2.81 bits per heavy atom. The van der Waals surface area contributed by atoms with Crippen LogP contribution >= 0.6 is 0 Å². The Balaban J connectivity index is 1.49. The van der Waals surface area contributed by atoms with Gasteiger partial charge < -0.3 is 4.90 Å². The average molecular weight is 435 g/mol. The summed E-state index contributed by atoms with van der Waals surface area (Å²) in [6.07, 6.45) is 9.46. The molecule has 3 aromatic heterocycles. The molecular formula is C24H30N6O2. The van der Waals surface area contributed by atoms with Gasteiger partial charge in [0.2, 0.25) is 5.91 Å². The van der Waals surface area contributed by atoms with Crippen LogP contribution in [0.1, 0.15) is 60.8 Å². The van der Waals surface area contributed by atoms with Gasteiger partial charge in [0.05, 0.1) is 17.9 Å². The number of aryl methyl sites for hydroxylation is 3. The number of pyridine rings is 1. The van der Waals surface area contributed by atoms with E-state index >= 15 is 0 Å². The number of carbonyl (C=O) groups is 1. The lowest BCUT2D eigenvalue weighted by molar-refractivity contribution is -0.135. The molecule has 1 saturated heterocycles. The topological polar surface area (TPSA) is 96.8 Å². The van der Waals surface area contributed by atoms with E-state index in [0.29, 0.717) is 19.4 Å². The van der Waals surface area contributed by atoms with Gasteiger partial charge in [-0.15, -0.1) is 0 Å². The summed E-state index contributed by atoms with van der Waals surface area (Å²) in [6.45, 7) is 6.98. The fraction of sp³-hybridized carbons (Fsp3) is 0.458. The van der Waals surface area contributed by atoms with Crippen molar-refractivity contribution in [2.75, 3.05) is 6.54 Å². The van der Waals surface area contributed by atoms with Crippen LogP contribution in [0.5, 0.6) is 0 Å². The molecule has 8 nitrogen and oxygen atoms in total. The number of rotatable bonds is 6. The normalized spacial score (nSPS) is 16.3. The predicted octanol–water partition coefficient (Wildman–Crippen LogP) is 3.49. The van der Waals surface area contributed by atoms with Crippen LogP contribution in [0, 0.1) is 20.8 Å². The largest absolute Gasteiger partial charge is 0.347 e. The van der Waals surface area contributed by atoms with Gasteiger partial charge in [-0.2, -0.15) is 10.1 Å². The van der Waals surface area contributed by atoms with Gasteiger partial charge in [-0.3, -0.25) is 19.4 Å². The molecule has 1 amide bonds. The molecule has 4 heterocycles. The standard InChI is InChI=1S/C24H30N6O2/c1-16-14-25-10-9-19(16)20-15-26-28-23(20)21-7-4-5-11-30(21)22(31)8-6-12-29-18(3)13-17(2)27-24(29)32/h9-10,13-15,21H,4-8,11-12H2,1-3H3,(H,26,28)/t21-/m1/s1. The summed E-state index contributed by atoms with van der Waals surface area (Å²) in [5.74, 6) is 0.118. The van der Waals surface area contributed by atoms with E-state index in [2.05, 4.69) is 20.2 Å². The van der Waals surface area contributed by atoms with Gasteiger partial charge in [-0.25, -0.2) is 4.79 Å². The molecule has 0 aliphatic carbocycles. The van der Waals surface area contributed by atoms with E-state index in [1.54, 1.807) is 10.8 Å². The van der Waals surface area contributed by atoms with Gasteiger partial charge in [-0.1, -0.05) is 0 Å². The molecule has 1 N–H and O–H groups in total. The lowest BCUT2D eigenvalue weighted by Gasteiger charge is -2.36. The van der Waals surface area contributed by atoms with E-state index in [0.717, 1.165) is 59.6 Å². The zero-order valence-electron chi connectivity index (χ0n) is 19.0. The highest BCUT2D eigenvalue weighted by Crippen LogP contribution is 2.36. The summed E-state index contributed by atoms with van der Waals surface area (Å²) in [6, 6.07) is 3.87. The van der Waals surface area contributed by atoms with Crippen molar-refractivity contribution in [2.45, 2.75) is 65.5 Å². The Labute approximate surface area is 187 Å². The number of H-pyrrole nitrogens is 1. The van der Waals surface area contributed by atoms with E-state index in [-0.39, 0.29) is 17.6 Å². The van der Waals surface area contributed by atoms with Gasteiger partial charge in [0.1, 0.15) is 0 Å². The number of likely N-dealkylation sites (tertiary alicyclic amines) is 1. The molecule has 32 heavy (non-hydrogen) atoms. The molecule has 8 heteroatoms. The molecule has 0 unspecified atom stereocenters. The van der Waals surface area contributed by atoms with E-state index in [9.17, 15) is 9.59 Å². The van der Waals surface area contributed by atoms with Crippen LogP contribution < -0.4 is 5.69 Å². The molecule has 3 aromatic rings. The van der Waals surface area contributed by atoms with Gasteiger partial charge in [-0.05, 0) is 69.7 Å². The van der Waals surface area contributed by atoms with E-state index in [1.165, 1.54) is 0 Å². The number of hydrogen-bond acceptors (Lipinski definition) is 5. The number of nitrogens with one attached hydrogen (secondary N) is 1. The number of nitrogens with zero attached hydrogens (tertiary/aromatic N) is 5. The lowest BCUT2D eigenvalue weighted by atomic mass is 9.93. The van der Waals surface area contributed by atoms with Crippen LogP contribution in [-0.2, 0) is 11.3 Å². The highest BCUT2D eigenvalue weighted by molar-refractivity contribution is 5.77. The molecule has 1 aliphatic rings. The van der Waals surface area contributed by atoms with Crippen LogP contribution in [0.15, 0.2) is 35.5 Å². The molecule has 4 rings (SSSR count). The number of piperidine rings is 1. The van der Waals surface area contributed by atoms with Crippen molar-refractivity contribution >= 4 is 5.91 Å². The van der Waals surface area contributed by atoms with Crippen LogP contribution in [0.2, 0.25) is 0 Å². The second kappa shape index (κ2) is 9.46. The quantitative estimate of drug-likeness (QED) is 0.641. The first-order valence-corrected chi connectivity index (χ1v) is 11.2. The van der Waals surface area contributed by atoms with Crippen molar-refractivity contribution in [2.24, 2.45) is 0 Å². The molecule has 0 radical (unpaired) electrons. The van der Waals surface area contributed by atoms with Crippen LogP contribution in [-0.4, -0.2) is 42.1 Å². The summed E-state index contributed by atoms with van der Waals surface area (Å²) in [4.78, 5) is 35.6. The third-order valence-electron chi connectivity index (χ3n) is 6.25. The first kappa shape index (κ1) is 21.9. The lowest BCUT2D eigenvalue weighted by Crippen LogP contribution is -2.39. The van der Waals surface area contributed by atoms with E-state index in [4.69, 9.17) is 0 Å². The highest BCUT2D eigenvalue weighted by atomic mass is 16.2. The zero-order valence-corrected chi connectivity index (χ0v) is 19.0. The molecule has 0 saturated carbocycles. The maximum Gasteiger partial charge on any atom is 0.347 e. The summed E-state index contributed by atoms with van der Waals surface area (Å²) in [7, 11) is 0. The van der Waals surface area contributed by atoms with Crippen molar-refractivity contribution in [3.05, 3.63) is 63.9 Å². The van der Waals surface area contributed by atoms with E-state index in [1.807, 2.05) is 50.2 Å². The van der Waals surface area contributed by atoms with Crippen molar-refractivity contribution in [1.29, 1.82) is 0 Å². The second-order valence-corrected chi connectivity index (χ2v) is 8.56. The van der Waals surface area contributed by atoms with Crippen LogP contribution in [0.3, 0.4) is 0 Å². The fourth-order valence-electron chi connectivity index (χ4n) is 4.65. The molecule has 0 spiro atoms. The third-order valence-corrected chi connectivity index (χ3v) is 6.25. The zero-order chi connectivity index (χ0) is 22.7. The number of amides is 1. The Morgan fingerprint density at radius 1 is 1.19 bits per heavy atom. The summed E-state index contributed by atoms with van der Waals surface area (Å²) < 4.78 is 1.65. The number of carbonyl (C=O) groups excluding carboxylic acids is 1. The highest BCUT2D eigenvalue weighted by Gasteiger charge is 2.31. The number of aromatic nitrogens is 5. The molecule has 0 aromatic carbocycles. The minimum Gasteiger partial charge on any atom is -0.334 e. The molecule has 1 aliphatic heterocycles. The number of hydrogen-bond donors (Lipinski definition) is 1. The predicted molar refractivity (Wildman–Crippen MR) is 122 cm³/mol. The monoisotopic (exact) mass is 434 g/mol. The van der Waals surface area contributed by atoms with E-state index < -0.39 is 0 Å². The van der Waals surface area contributed by atoms with Gasteiger partial charge in [0.25, 0.3) is 0 Å². The SMILES string of the molecule is Cc1cc(C)n(CCCC(=O)N2CCCC[C@@H]2c2[nH]ncc2-c2ccncc2C)c(=O)n1. The second-order valence-electron chi connectivity index (χ2n) is 8.56. The van der Waals surface area contributed by atoms with Crippen LogP contribution in [0.4, 0.5) is 0 Å². The minimum atomic E-state index is -0.249. The minimum absolute atomic E-state index is 0.0215. The first-order chi connectivity index (χ1) is 15.5. The first-order valence-electron chi connectivity index (χ1n) is 11.2. The molecular weight excluding hydrogens is 404 g/mol. The smallest absolute Gasteiger partial charge is 0.334 e. The van der Waals surface area contributed by atoms with Gasteiger partial charge in [0, 0.05) is 48.9 Å². The maximum absolute atomic E-state index is 13.2. The van der Waals surface area contributed by atoms with Crippen molar-refractivity contribution in [3.8, 4) is 11.1 Å². The Hall–Kier alpha value is -3.29. The maximum atomic E-state index is 13.2. The summed E-state index contributed by atoms with van der Waals surface area (Å²) in [5.41, 5.74) is 5.53. The summed E-state index contributed by atoms with van der Waals surface area (Å²) >= 11 is 0. The van der Waals surface area contributed by atoms with Gasteiger partial charge in [0.15, 0.2) is 0 Å². The average Bonchev–Trinajstić information content (AvgIpc) is 3.25. The number of aromatic amines is 1. The fourth-order valence-corrected chi connectivity index (χ4v) is 4.65. The van der Waals surface area contributed by atoms with Crippen LogP contribution in [0.25, 0.3) is 11.1 Å². The van der Waals surface area contributed by atoms with Gasteiger partial charge >= 0.3 is 5.69 Å². The Bertz CT molecular complexity index is 1170. The van der Waals surface area contributed by atoms with Crippen molar-refractivity contribution in [3.63, 3.8) is 0 Å².